The molecule has 1 atom stereocenters. The van der Waals surface area contributed by atoms with Crippen molar-refractivity contribution in [2.75, 3.05) is 11.5 Å². The number of benzene rings is 1. The van der Waals surface area contributed by atoms with Crippen molar-refractivity contribution in [3.63, 3.8) is 0 Å². The SMILES string of the molecule is COC(=O)c1c(F)cc(F)c2c1OC(CI)C2. The Kier molecular flexibility index (Phi) is 3.50. The number of esters is 1. The van der Waals surface area contributed by atoms with Crippen LogP contribution in [0.1, 0.15) is 15.9 Å². The van der Waals surface area contributed by atoms with Crippen LogP contribution < -0.4 is 4.74 Å². The van der Waals surface area contributed by atoms with Crippen molar-refractivity contribution < 1.29 is 23.0 Å². The number of halogens is 3. The molecule has 0 aromatic heterocycles. The molecule has 1 heterocycles. The number of methoxy groups -OCH3 is 1. The summed E-state index contributed by atoms with van der Waals surface area (Å²) in [5, 5.41) is 0. The lowest BCUT2D eigenvalue weighted by Gasteiger charge is -2.09. The van der Waals surface area contributed by atoms with Gasteiger partial charge < -0.3 is 9.47 Å². The zero-order valence-electron chi connectivity index (χ0n) is 8.93. The van der Waals surface area contributed by atoms with Crippen LogP contribution in [0.2, 0.25) is 0 Å². The maximum absolute atomic E-state index is 13.6. The number of hydrogen-bond donors (Lipinski definition) is 0. The zero-order valence-corrected chi connectivity index (χ0v) is 11.1. The molecule has 1 aliphatic heterocycles. The second-order valence-corrected chi connectivity index (χ2v) is 4.49. The monoisotopic (exact) mass is 354 g/mol. The highest BCUT2D eigenvalue weighted by molar-refractivity contribution is 14.1. The average Bonchev–Trinajstić information content (AvgIpc) is 2.72. The Hall–Kier alpha value is -0.920. The van der Waals surface area contributed by atoms with E-state index >= 15 is 0 Å². The first-order valence-corrected chi connectivity index (χ1v) is 6.42. The molecule has 0 fully saturated rings. The fourth-order valence-corrected chi connectivity index (χ4v) is 2.26. The summed E-state index contributed by atoms with van der Waals surface area (Å²) >= 11 is 2.09. The standard InChI is InChI=1S/C11H9F2IO3/c1-16-11(15)9-8(13)3-7(12)6-2-5(4-14)17-10(6)9/h3,5H,2,4H2,1H3. The van der Waals surface area contributed by atoms with Gasteiger partial charge in [0.2, 0.25) is 0 Å². The van der Waals surface area contributed by atoms with Crippen molar-refractivity contribution in [3.8, 4) is 5.75 Å². The number of hydrogen-bond acceptors (Lipinski definition) is 3. The summed E-state index contributed by atoms with van der Waals surface area (Å²) < 4.78 is 37.6. The van der Waals surface area contributed by atoms with Crippen molar-refractivity contribution in [2.24, 2.45) is 0 Å². The Morgan fingerprint density at radius 1 is 1.59 bits per heavy atom. The summed E-state index contributed by atoms with van der Waals surface area (Å²) in [4.78, 5) is 11.4. The third-order valence-electron chi connectivity index (χ3n) is 2.56. The van der Waals surface area contributed by atoms with Gasteiger partial charge in [-0.2, -0.15) is 0 Å². The summed E-state index contributed by atoms with van der Waals surface area (Å²) in [5.74, 6) is -2.51. The molecule has 1 aliphatic rings. The van der Waals surface area contributed by atoms with E-state index in [0.29, 0.717) is 16.9 Å². The Morgan fingerprint density at radius 3 is 2.88 bits per heavy atom. The van der Waals surface area contributed by atoms with Crippen molar-refractivity contribution in [2.45, 2.75) is 12.5 Å². The molecule has 0 radical (unpaired) electrons. The van der Waals surface area contributed by atoms with Gasteiger partial charge in [-0.15, -0.1) is 0 Å². The number of carbonyl (C=O) groups excluding carboxylic acids is 1. The predicted molar refractivity (Wildman–Crippen MR) is 64.7 cm³/mol. The number of rotatable bonds is 2. The summed E-state index contributed by atoms with van der Waals surface area (Å²) in [6.07, 6.45) is 0.110. The van der Waals surface area contributed by atoms with Crippen LogP contribution >= 0.6 is 22.6 Å². The highest BCUT2D eigenvalue weighted by atomic mass is 127. The van der Waals surface area contributed by atoms with Gasteiger partial charge in [0.25, 0.3) is 0 Å². The molecule has 0 bridgehead atoms. The quantitative estimate of drug-likeness (QED) is 0.465. The Morgan fingerprint density at radius 2 is 2.29 bits per heavy atom. The fraction of sp³-hybridized carbons (Fsp3) is 0.364. The van der Waals surface area contributed by atoms with E-state index in [2.05, 4.69) is 27.3 Å². The lowest BCUT2D eigenvalue weighted by atomic mass is 10.1. The van der Waals surface area contributed by atoms with Gasteiger partial charge in [-0.05, 0) is 0 Å². The van der Waals surface area contributed by atoms with E-state index in [1.807, 2.05) is 0 Å². The minimum Gasteiger partial charge on any atom is -0.488 e. The lowest BCUT2D eigenvalue weighted by Crippen LogP contribution is -2.15. The van der Waals surface area contributed by atoms with Gasteiger partial charge in [-0.25, -0.2) is 13.6 Å². The predicted octanol–water partition coefficient (Wildman–Crippen LogP) is 2.49. The van der Waals surface area contributed by atoms with E-state index in [0.717, 1.165) is 7.11 Å². The molecular weight excluding hydrogens is 345 g/mol. The molecule has 0 N–H and O–H groups in total. The van der Waals surface area contributed by atoms with E-state index in [4.69, 9.17) is 4.74 Å². The summed E-state index contributed by atoms with van der Waals surface area (Å²) in [6, 6.07) is 0.698. The summed E-state index contributed by atoms with van der Waals surface area (Å²) in [5.41, 5.74) is -0.0790. The van der Waals surface area contributed by atoms with Crippen LogP contribution in [0.25, 0.3) is 0 Å². The molecule has 0 spiro atoms. The number of ether oxygens (including phenoxy) is 2. The van der Waals surface area contributed by atoms with Crippen molar-refractivity contribution in [3.05, 3.63) is 28.8 Å². The maximum Gasteiger partial charge on any atom is 0.344 e. The van der Waals surface area contributed by atoms with Crippen LogP contribution in [0.5, 0.6) is 5.75 Å². The van der Waals surface area contributed by atoms with E-state index < -0.39 is 17.6 Å². The molecule has 3 nitrogen and oxygen atoms in total. The van der Waals surface area contributed by atoms with Crippen LogP contribution in [-0.2, 0) is 11.2 Å². The van der Waals surface area contributed by atoms with Crippen LogP contribution in [-0.4, -0.2) is 23.6 Å². The van der Waals surface area contributed by atoms with E-state index in [1.54, 1.807) is 0 Å². The minimum atomic E-state index is -0.956. The summed E-state index contributed by atoms with van der Waals surface area (Å²) in [6.45, 7) is 0. The highest BCUT2D eigenvalue weighted by Crippen LogP contribution is 2.37. The molecule has 6 heteroatoms. The minimum absolute atomic E-state index is 0.0176. The fourth-order valence-electron chi connectivity index (χ4n) is 1.77. The second-order valence-electron chi connectivity index (χ2n) is 3.61. The van der Waals surface area contributed by atoms with E-state index in [9.17, 15) is 13.6 Å². The smallest absolute Gasteiger partial charge is 0.344 e. The zero-order chi connectivity index (χ0) is 12.6. The first-order valence-electron chi connectivity index (χ1n) is 4.90. The molecule has 0 amide bonds. The molecule has 1 aromatic rings. The number of alkyl halides is 1. The molecule has 1 aromatic carbocycles. The van der Waals surface area contributed by atoms with Crippen LogP contribution in [0.4, 0.5) is 8.78 Å². The van der Waals surface area contributed by atoms with E-state index in [1.165, 1.54) is 0 Å². The van der Waals surface area contributed by atoms with Gasteiger partial charge in [0.15, 0.2) is 0 Å². The topological polar surface area (TPSA) is 35.5 Å². The van der Waals surface area contributed by atoms with E-state index in [-0.39, 0.29) is 23.0 Å². The Balaban J connectivity index is 2.56. The van der Waals surface area contributed by atoms with Crippen LogP contribution in [0.3, 0.4) is 0 Å². The molecular formula is C11H9F2IO3. The van der Waals surface area contributed by atoms with Crippen molar-refractivity contribution >= 4 is 28.6 Å². The molecule has 17 heavy (non-hydrogen) atoms. The summed E-state index contributed by atoms with van der Waals surface area (Å²) in [7, 11) is 1.14. The largest absolute Gasteiger partial charge is 0.488 e. The Bertz CT molecular complexity index is 476. The van der Waals surface area contributed by atoms with Crippen LogP contribution in [0, 0.1) is 11.6 Å². The molecule has 0 saturated heterocycles. The van der Waals surface area contributed by atoms with Gasteiger partial charge in [0, 0.05) is 22.5 Å². The van der Waals surface area contributed by atoms with Gasteiger partial charge >= 0.3 is 5.97 Å². The molecule has 1 unspecified atom stereocenters. The van der Waals surface area contributed by atoms with Crippen molar-refractivity contribution in [1.29, 1.82) is 0 Å². The maximum atomic E-state index is 13.6. The molecule has 2 rings (SSSR count). The van der Waals surface area contributed by atoms with Gasteiger partial charge in [0.05, 0.1) is 7.11 Å². The lowest BCUT2D eigenvalue weighted by molar-refractivity contribution is 0.0590. The Labute approximate surface area is 110 Å². The van der Waals surface area contributed by atoms with Gasteiger partial charge in [-0.3, -0.25) is 0 Å². The van der Waals surface area contributed by atoms with Gasteiger partial charge in [0.1, 0.15) is 29.1 Å². The third-order valence-corrected chi connectivity index (χ3v) is 3.54. The number of fused-ring (bicyclic) bond motifs is 1. The number of carbonyl (C=O) groups is 1. The average molecular weight is 354 g/mol. The molecule has 0 aliphatic carbocycles. The van der Waals surface area contributed by atoms with Crippen LogP contribution in [0.15, 0.2) is 6.07 Å². The molecule has 0 saturated carbocycles. The first-order chi connectivity index (χ1) is 8.08. The highest BCUT2D eigenvalue weighted by Gasteiger charge is 2.33. The molecule has 92 valence electrons. The second kappa shape index (κ2) is 4.75. The first kappa shape index (κ1) is 12.5. The third kappa shape index (κ3) is 2.10. The van der Waals surface area contributed by atoms with Gasteiger partial charge in [-0.1, -0.05) is 22.6 Å². The van der Waals surface area contributed by atoms with Crippen molar-refractivity contribution in [1.82, 2.24) is 0 Å². The normalized spacial score (nSPS) is 17.5.